The summed E-state index contributed by atoms with van der Waals surface area (Å²) in [5, 5.41) is 9.33. The van der Waals surface area contributed by atoms with E-state index in [1.807, 2.05) is 0 Å². The van der Waals surface area contributed by atoms with Gasteiger partial charge in [-0.2, -0.15) is 5.10 Å². The molecule has 0 unspecified atom stereocenters. The van der Waals surface area contributed by atoms with E-state index in [4.69, 9.17) is 5.14 Å². The average Bonchev–Trinajstić information content (AvgIpc) is 2.59. The molecule has 1 aromatic heterocycles. The second-order valence-electron chi connectivity index (χ2n) is 4.42. The zero-order valence-electron chi connectivity index (χ0n) is 10.9. The minimum atomic E-state index is -3.82. The summed E-state index contributed by atoms with van der Waals surface area (Å²) >= 11 is 3.17. The predicted molar refractivity (Wildman–Crippen MR) is 76.3 cm³/mol. The van der Waals surface area contributed by atoms with Crippen LogP contribution in [-0.4, -0.2) is 18.2 Å². The van der Waals surface area contributed by atoms with Gasteiger partial charge in [0.15, 0.2) is 0 Å². The molecule has 0 amide bonds. The third kappa shape index (κ3) is 2.77. The van der Waals surface area contributed by atoms with Crippen molar-refractivity contribution in [2.24, 2.45) is 5.14 Å². The largest absolute Gasteiger partial charge is 0.264 e. The van der Waals surface area contributed by atoms with Crippen LogP contribution in [0.3, 0.4) is 0 Å². The molecule has 0 saturated heterocycles. The molecule has 2 rings (SSSR count). The van der Waals surface area contributed by atoms with Crippen molar-refractivity contribution < 1.29 is 12.8 Å². The molecule has 0 spiro atoms. The zero-order valence-corrected chi connectivity index (χ0v) is 13.3. The first-order valence-electron chi connectivity index (χ1n) is 5.71. The smallest absolute Gasteiger partial charge is 0.241 e. The summed E-state index contributed by atoms with van der Waals surface area (Å²) < 4.78 is 38.3. The van der Waals surface area contributed by atoms with E-state index in [0.717, 1.165) is 0 Å². The first-order valence-corrected chi connectivity index (χ1v) is 8.05. The van der Waals surface area contributed by atoms with E-state index in [1.165, 1.54) is 10.7 Å². The van der Waals surface area contributed by atoms with Crippen LogP contribution in [0.1, 0.15) is 17.0 Å². The third-order valence-corrected chi connectivity index (χ3v) is 5.00. The summed E-state index contributed by atoms with van der Waals surface area (Å²) in [6.45, 7) is 3.44. The van der Waals surface area contributed by atoms with Crippen LogP contribution in [-0.2, 0) is 16.6 Å². The SMILES string of the molecule is Cc1nn(Cc2cccc(F)c2Br)c(C)c1S(N)(=O)=O. The van der Waals surface area contributed by atoms with Crippen molar-refractivity contribution >= 4 is 26.0 Å². The highest BCUT2D eigenvalue weighted by atomic mass is 79.9. The van der Waals surface area contributed by atoms with Gasteiger partial charge >= 0.3 is 0 Å². The van der Waals surface area contributed by atoms with Crippen molar-refractivity contribution in [2.75, 3.05) is 0 Å². The van der Waals surface area contributed by atoms with E-state index >= 15 is 0 Å². The standard InChI is InChI=1S/C12H13BrFN3O2S/c1-7-12(20(15,18)19)8(2)17(16-7)6-9-4-3-5-10(14)11(9)13/h3-5H,6H2,1-2H3,(H2,15,18,19). The number of benzene rings is 1. The number of halogens is 2. The van der Waals surface area contributed by atoms with Gasteiger partial charge in [-0.3, -0.25) is 4.68 Å². The fourth-order valence-electron chi connectivity index (χ4n) is 2.08. The van der Waals surface area contributed by atoms with Crippen LogP contribution in [0.2, 0.25) is 0 Å². The zero-order chi connectivity index (χ0) is 15.1. The average molecular weight is 362 g/mol. The number of aryl methyl sites for hydroxylation is 1. The van der Waals surface area contributed by atoms with Crippen molar-refractivity contribution in [2.45, 2.75) is 25.3 Å². The molecule has 0 aliphatic heterocycles. The van der Waals surface area contributed by atoms with E-state index in [-0.39, 0.29) is 17.3 Å². The molecule has 0 fully saturated rings. The maximum atomic E-state index is 13.5. The molecule has 2 N–H and O–H groups in total. The Morgan fingerprint density at radius 2 is 2.05 bits per heavy atom. The minimum absolute atomic E-state index is 0.0185. The third-order valence-electron chi connectivity index (χ3n) is 2.95. The molecule has 20 heavy (non-hydrogen) atoms. The molecular weight excluding hydrogens is 349 g/mol. The second-order valence-corrected chi connectivity index (χ2v) is 6.71. The Bertz CT molecular complexity index is 771. The normalized spacial score (nSPS) is 11.8. The molecule has 1 heterocycles. The minimum Gasteiger partial charge on any atom is -0.264 e. The lowest BCUT2D eigenvalue weighted by molar-refractivity contribution is 0.594. The fourth-order valence-corrected chi connectivity index (χ4v) is 3.44. The Morgan fingerprint density at radius 1 is 1.40 bits per heavy atom. The Morgan fingerprint density at radius 3 is 2.60 bits per heavy atom. The first-order chi connectivity index (χ1) is 9.21. The van der Waals surface area contributed by atoms with Crippen LogP contribution < -0.4 is 5.14 Å². The fraction of sp³-hybridized carbons (Fsp3) is 0.250. The Kier molecular flexibility index (Phi) is 3.99. The van der Waals surface area contributed by atoms with Crippen molar-refractivity contribution in [3.8, 4) is 0 Å². The van der Waals surface area contributed by atoms with Crippen molar-refractivity contribution in [1.29, 1.82) is 0 Å². The highest BCUT2D eigenvalue weighted by Crippen LogP contribution is 2.23. The van der Waals surface area contributed by atoms with Gasteiger partial charge < -0.3 is 0 Å². The molecule has 0 aliphatic carbocycles. The van der Waals surface area contributed by atoms with Crippen LogP contribution in [0.25, 0.3) is 0 Å². The van der Waals surface area contributed by atoms with Crippen LogP contribution in [0.4, 0.5) is 4.39 Å². The Labute approximate surface area is 124 Å². The summed E-state index contributed by atoms with van der Waals surface area (Å²) in [4.78, 5) is 0.0185. The van der Waals surface area contributed by atoms with Gasteiger partial charge in [-0.25, -0.2) is 17.9 Å². The number of sulfonamides is 1. The van der Waals surface area contributed by atoms with Crippen molar-refractivity contribution in [3.63, 3.8) is 0 Å². The molecule has 1 aromatic carbocycles. The molecule has 108 valence electrons. The van der Waals surface area contributed by atoms with Crippen molar-refractivity contribution in [3.05, 3.63) is 45.4 Å². The lowest BCUT2D eigenvalue weighted by Crippen LogP contribution is -2.14. The van der Waals surface area contributed by atoms with Crippen LogP contribution in [0, 0.1) is 19.7 Å². The van der Waals surface area contributed by atoms with E-state index in [2.05, 4.69) is 21.0 Å². The lowest BCUT2D eigenvalue weighted by Gasteiger charge is -2.07. The summed E-state index contributed by atoms with van der Waals surface area (Å²) in [5.41, 5.74) is 1.43. The van der Waals surface area contributed by atoms with Crippen molar-refractivity contribution in [1.82, 2.24) is 9.78 Å². The molecule has 0 radical (unpaired) electrons. The summed E-state index contributed by atoms with van der Waals surface area (Å²) in [5.74, 6) is -0.379. The van der Waals surface area contributed by atoms with E-state index in [0.29, 0.717) is 21.4 Å². The Balaban J connectivity index is 2.49. The van der Waals surface area contributed by atoms with E-state index in [1.54, 1.807) is 26.0 Å². The van der Waals surface area contributed by atoms with E-state index in [9.17, 15) is 12.8 Å². The molecule has 0 aliphatic rings. The number of aromatic nitrogens is 2. The number of rotatable bonds is 3. The molecule has 0 saturated carbocycles. The molecule has 8 heteroatoms. The number of hydrogen-bond donors (Lipinski definition) is 1. The molecule has 5 nitrogen and oxygen atoms in total. The van der Waals surface area contributed by atoms with Gasteiger partial charge in [0, 0.05) is 0 Å². The second kappa shape index (κ2) is 5.27. The van der Waals surface area contributed by atoms with Gasteiger partial charge in [0.05, 0.1) is 22.4 Å². The molecule has 0 atom stereocenters. The quantitative estimate of drug-likeness (QED) is 0.908. The van der Waals surface area contributed by atoms with Gasteiger partial charge in [0.2, 0.25) is 10.0 Å². The predicted octanol–water partition coefficient (Wildman–Crippen LogP) is 2.10. The summed E-state index contributed by atoms with van der Waals surface area (Å²) in [7, 11) is -3.82. The van der Waals surface area contributed by atoms with E-state index < -0.39 is 10.0 Å². The highest BCUT2D eigenvalue weighted by Gasteiger charge is 2.21. The number of primary sulfonamides is 1. The van der Waals surface area contributed by atoms with Gasteiger partial charge in [0.1, 0.15) is 10.7 Å². The maximum Gasteiger partial charge on any atom is 0.241 e. The number of nitrogens with zero attached hydrogens (tertiary/aromatic N) is 2. The summed E-state index contributed by atoms with van der Waals surface area (Å²) in [6, 6.07) is 4.66. The van der Waals surface area contributed by atoms with Gasteiger partial charge in [-0.1, -0.05) is 12.1 Å². The molecular formula is C12H13BrFN3O2S. The molecule has 0 bridgehead atoms. The molecule has 2 aromatic rings. The Hall–Kier alpha value is -1.25. The van der Waals surface area contributed by atoms with Crippen LogP contribution in [0.15, 0.2) is 27.6 Å². The van der Waals surface area contributed by atoms with Gasteiger partial charge in [-0.05, 0) is 41.4 Å². The van der Waals surface area contributed by atoms with Gasteiger partial charge in [0.25, 0.3) is 0 Å². The first kappa shape index (κ1) is 15.1. The lowest BCUT2D eigenvalue weighted by atomic mass is 10.2. The monoisotopic (exact) mass is 361 g/mol. The topological polar surface area (TPSA) is 78.0 Å². The highest BCUT2D eigenvalue weighted by molar-refractivity contribution is 9.10. The number of nitrogens with two attached hydrogens (primary N) is 1. The summed E-state index contributed by atoms with van der Waals surface area (Å²) in [6.07, 6.45) is 0. The van der Waals surface area contributed by atoms with Gasteiger partial charge in [-0.15, -0.1) is 0 Å². The van der Waals surface area contributed by atoms with Crippen LogP contribution >= 0.6 is 15.9 Å². The number of hydrogen-bond acceptors (Lipinski definition) is 3. The van der Waals surface area contributed by atoms with Crippen LogP contribution in [0.5, 0.6) is 0 Å². The maximum absolute atomic E-state index is 13.5.